The van der Waals surface area contributed by atoms with Gasteiger partial charge in [0.15, 0.2) is 0 Å². The lowest BCUT2D eigenvalue weighted by atomic mass is 9.97. The summed E-state index contributed by atoms with van der Waals surface area (Å²) in [7, 11) is -3.52. The Kier molecular flexibility index (Phi) is 6.66. The number of benzene rings is 1. The number of piperidine rings is 1. The molecule has 0 unspecified atom stereocenters. The van der Waals surface area contributed by atoms with E-state index in [0.29, 0.717) is 50.7 Å². The Morgan fingerprint density at radius 2 is 1.65 bits per heavy atom. The molecule has 37 heavy (non-hydrogen) atoms. The van der Waals surface area contributed by atoms with Crippen LogP contribution < -0.4 is 4.90 Å². The minimum absolute atomic E-state index is 0.0591. The summed E-state index contributed by atoms with van der Waals surface area (Å²) in [5.74, 6) is 1.50. The number of carbonyl (C=O) groups excluding carboxylic acids is 1. The van der Waals surface area contributed by atoms with Crippen molar-refractivity contribution in [3.05, 3.63) is 46.6 Å². The van der Waals surface area contributed by atoms with Crippen molar-refractivity contribution in [2.24, 2.45) is 5.92 Å². The van der Waals surface area contributed by atoms with Crippen molar-refractivity contribution in [3.8, 4) is 0 Å². The summed E-state index contributed by atoms with van der Waals surface area (Å²) in [4.78, 5) is 29.4. The predicted octanol–water partition coefficient (Wildman–Crippen LogP) is 3.95. The fraction of sp³-hybridized carbons (Fsp3) is 0.519. The third-order valence-electron chi connectivity index (χ3n) is 8.08. The summed E-state index contributed by atoms with van der Waals surface area (Å²) < 4.78 is 27.6. The summed E-state index contributed by atoms with van der Waals surface area (Å²) in [5.41, 5.74) is 1.95. The standard InChI is InChI=1S/C27H33N5O3S2/c1-19-10-12-32(13-11-19)37(34,35)21-8-6-20(7-9-21)27(33)31-16-14-30(15-17-31)25-24-22-4-2-3-5-23(22)36-26(24)29-18-28-25/h6-9,18-19H,2-5,10-17H2,1H3. The van der Waals surface area contributed by atoms with Gasteiger partial charge >= 0.3 is 0 Å². The van der Waals surface area contributed by atoms with Crippen molar-refractivity contribution in [2.45, 2.75) is 50.3 Å². The van der Waals surface area contributed by atoms with Crippen LogP contribution in [0.4, 0.5) is 5.82 Å². The van der Waals surface area contributed by atoms with Gasteiger partial charge in [-0.25, -0.2) is 18.4 Å². The van der Waals surface area contributed by atoms with E-state index in [9.17, 15) is 13.2 Å². The smallest absolute Gasteiger partial charge is 0.253 e. The molecule has 0 saturated carbocycles. The van der Waals surface area contributed by atoms with E-state index in [1.807, 2.05) is 4.90 Å². The van der Waals surface area contributed by atoms with Crippen molar-refractivity contribution < 1.29 is 13.2 Å². The lowest BCUT2D eigenvalue weighted by Crippen LogP contribution is -2.49. The largest absolute Gasteiger partial charge is 0.352 e. The quantitative estimate of drug-likeness (QED) is 0.499. The summed E-state index contributed by atoms with van der Waals surface area (Å²) in [5, 5.41) is 1.21. The minimum Gasteiger partial charge on any atom is -0.352 e. The van der Waals surface area contributed by atoms with Crippen molar-refractivity contribution in [2.75, 3.05) is 44.2 Å². The molecule has 4 heterocycles. The van der Waals surface area contributed by atoms with Gasteiger partial charge in [0, 0.05) is 49.7 Å². The van der Waals surface area contributed by atoms with Crippen molar-refractivity contribution in [1.82, 2.24) is 19.2 Å². The Balaban J connectivity index is 1.13. The average molecular weight is 540 g/mol. The second kappa shape index (κ2) is 9.96. The van der Waals surface area contributed by atoms with Crippen LogP contribution in [-0.4, -0.2) is 72.8 Å². The van der Waals surface area contributed by atoms with Crippen molar-refractivity contribution in [3.63, 3.8) is 0 Å². The topological polar surface area (TPSA) is 86.7 Å². The monoisotopic (exact) mass is 539 g/mol. The number of sulfonamides is 1. The van der Waals surface area contributed by atoms with Gasteiger partial charge in [-0.05, 0) is 74.3 Å². The number of piperazine rings is 1. The van der Waals surface area contributed by atoms with Crippen molar-refractivity contribution in [1.29, 1.82) is 0 Å². The van der Waals surface area contributed by atoms with E-state index >= 15 is 0 Å². The molecule has 196 valence electrons. The van der Waals surface area contributed by atoms with Crippen LogP contribution >= 0.6 is 11.3 Å². The maximum atomic E-state index is 13.2. The average Bonchev–Trinajstić information content (AvgIpc) is 3.32. The highest BCUT2D eigenvalue weighted by atomic mass is 32.2. The molecular weight excluding hydrogens is 506 g/mol. The van der Waals surface area contributed by atoms with Crippen LogP contribution in [0.15, 0.2) is 35.5 Å². The number of hydrogen-bond acceptors (Lipinski definition) is 7. The molecule has 10 heteroatoms. The first-order valence-electron chi connectivity index (χ1n) is 13.3. The van der Waals surface area contributed by atoms with Gasteiger partial charge in [0.1, 0.15) is 17.0 Å². The highest BCUT2D eigenvalue weighted by Crippen LogP contribution is 2.39. The molecule has 8 nitrogen and oxygen atoms in total. The Hall–Kier alpha value is -2.56. The Morgan fingerprint density at radius 1 is 0.946 bits per heavy atom. The van der Waals surface area contributed by atoms with Gasteiger partial charge in [-0.3, -0.25) is 4.79 Å². The van der Waals surface area contributed by atoms with Gasteiger partial charge in [0.25, 0.3) is 5.91 Å². The number of aromatic nitrogens is 2. The normalized spacial score (nSPS) is 19.8. The lowest BCUT2D eigenvalue weighted by Gasteiger charge is -2.36. The van der Waals surface area contributed by atoms with Crippen LogP contribution in [0.2, 0.25) is 0 Å². The molecule has 1 amide bonds. The molecule has 0 bridgehead atoms. The van der Waals surface area contributed by atoms with Crippen LogP contribution in [0.1, 0.15) is 53.4 Å². The highest BCUT2D eigenvalue weighted by Gasteiger charge is 2.30. The first-order chi connectivity index (χ1) is 17.9. The molecule has 0 N–H and O–H groups in total. The maximum Gasteiger partial charge on any atom is 0.253 e. The van der Waals surface area contributed by atoms with E-state index in [4.69, 9.17) is 0 Å². The molecule has 1 aliphatic carbocycles. The van der Waals surface area contributed by atoms with Gasteiger partial charge in [0.05, 0.1) is 10.3 Å². The maximum absolute atomic E-state index is 13.2. The summed E-state index contributed by atoms with van der Waals surface area (Å²) in [6.07, 6.45) is 8.12. The molecule has 1 aromatic carbocycles. The SMILES string of the molecule is CC1CCN(S(=O)(=O)c2ccc(C(=O)N3CCN(c4ncnc5sc6c(c45)CCCC6)CC3)cc2)CC1. The van der Waals surface area contributed by atoms with E-state index in [0.717, 1.165) is 36.3 Å². The molecule has 3 aromatic rings. The third-order valence-corrected chi connectivity index (χ3v) is 11.2. The fourth-order valence-electron chi connectivity index (χ4n) is 5.76. The number of rotatable bonds is 4. The van der Waals surface area contributed by atoms with Crippen LogP contribution in [0.25, 0.3) is 10.2 Å². The molecule has 2 aliphatic heterocycles. The molecule has 0 atom stereocenters. The Bertz CT molecular complexity index is 1400. The molecule has 6 rings (SSSR count). The fourth-order valence-corrected chi connectivity index (χ4v) is 8.45. The number of fused-ring (bicyclic) bond motifs is 3. The minimum atomic E-state index is -3.52. The van der Waals surface area contributed by atoms with Gasteiger partial charge in [-0.1, -0.05) is 6.92 Å². The lowest BCUT2D eigenvalue weighted by molar-refractivity contribution is 0.0746. The van der Waals surface area contributed by atoms with Crippen LogP contribution in [0, 0.1) is 5.92 Å². The number of nitrogens with zero attached hydrogens (tertiary/aromatic N) is 5. The van der Waals surface area contributed by atoms with Crippen molar-refractivity contribution >= 4 is 43.3 Å². The number of hydrogen-bond donors (Lipinski definition) is 0. The van der Waals surface area contributed by atoms with Gasteiger partial charge in [0.2, 0.25) is 10.0 Å². The Morgan fingerprint density at radius 3 is 2.38 bits per heavy atom. The molecule has 0 radical (unpaired) electrons. The number of thiophene rings is 1. The van der Waals surface area contributed by atoms with Gasteiger partial charge in [-0.15, -0.1) is 11.3 Å². The van der Waals surface area contributed by atoms with E-state index in [1.54, 1.807) is 46.2 Å². The first kappa shape index (κ1) is 24.8. The van der Waals surface area contributed by atoms with Crippen LogP contribution in [0.5, 0.6) is 0 Å². The molecule has 0 spiro atoms. The zero-order valence-corrected chi connectivity index (χ0v) is 22.9. The van der Waals surface area contributed by atoms with E-state index in [2.05, 4.69) is 21.8 Å². The van der Waals surface area contributed by atoms with E-state index in [-0.39, 0.29) is 10.8 Å². The second-order valence-corrected chi connectivity index (χ2v) is 13.5. The zero-order chi connectivity index (χ0) is 25.6. The highest BCUT2D eigenvalue weighted by molar-refractivity contribution is 7.89. The third kappa shape index (κ3) is 4.64. The number of amides is 1. The summed E-state index contributed by atoms with van der Waals surface area (Å²) in [6, 6.07) is 6.46. The molecule has 2 fully saturated rings. The molecule has 2 saturated heterocycles. The van der Waals surface area contributed by atoms with E-state index < -0.39 is 10.0 Å². The summed E-state index contributed by atoms with van der Waals surface area (Å²) in [6.45, 7) is 5.89. The van der Waals surface area contributed by atoms with Gasteiger partial charge < -0.3 is 9.80 Å². The Labute approximate surface area is 222 Å². The second-order valence-electron chi connectivity index (χ2n) is 10.5. The summed E-state index contributed by atoms with van der Waals surface area (Å²) >= 11 is 1.80. The number of aryl methyl sites for hydroxylation is 2. The number of anilines is 1. The molecule has 3 aliphatic rings. The zero-order valence-electron chi connectivity index (χ0n) is 21.2. The molecule has 2 aromatic heterocycles. The first-order valence-corrected chi connectivity index (χ1v) is 15.6. The predicted molar refractivity (Wildman–Crippen MR) is 146 cm³/mol. The van der Waals surface area contributed by atoms with Crippen LogP contribution in [0.3, 0.4) is 0 Å². The molecular formula is C27H33N5O3S2. The number of carbonyl (C=O) groups is 1. The van der Waals surface area contributed by atoms with Gasteiger partial charge in [-0.2, -0.15) is 4.31 Å². The van der Waals surface area contributed by atoms with E-state index in [1.165, 1.54) is 28.7 Å². The van der Waals surface area contributed by atoms with Crippen LogP contribution in [-0.2, 0) is 22.9 Å².